The van der Waals surface area contributed by atoms with E-state index in [-0.39, 0.29) is 11.3 Å². The van der Waals surface area contributed by atoms with Gasteiger partial charge in [-0.1, -0.05) is 36.9 Å². The van der Waals surface area contributed by atoms with Crippen molar-refractivity contribution in [2.45, 2.75) is 43.0 Å². The maximum Gasteiger partial charge on any atom is 0.228 e. The maximum absolute atomic E-state index is 15.5. The second-order valence-corrected chi connectivity index (χ2v) is 9.88. The van der Waals surface area contributed by atoms with Crippen molar-refractivity contribution in [3.8, 4) is 17.0 Å². The summed E-state index contributed by atoms with van der Waals surface area (Å²) in [7, 11) is 1.48. The number of pyridine rings is 1. The lowest BCUT2D eigenvalue weighted by atomic mass is 9.96. The average molecular weight is 528 g/mol. The van der Waals surface area contributed by atoms with E-state index in [1.807, 2.05) is 0 Å². The van der Waals surface area contributed by atoms with Crippen LogP contribution in [0, 0.1) is 11.6 Å². The van der Waals surface area contributed by atoms with Gasteiger partial charge in [-0.3, -0.25) is 0 Å². The molecule has 1 fully saturated rings. The third-order valence-corrected chi connectivity index (χ3v) is 7.19. The molecule has 10 heteroatoms. The van der Waals surface area contributed by atoms with Crippen LogP contribution < -0.4 is 14.8 Å². The van der Waals surface area contributed by atoms with Crippen LogP contribution in [0.25, 0.3) is 22.0 Å². The van der Waals surface area contributed by atoms with Gasteiger partial charge in [0.15, 0.2) is 5.82 Å². The van der Waals surface area contributed by atoms with Gasteiger partial charge in [-0.05, 0) is 60.7 Å². The number of fused-ring (bicyclic) bond motifs is 1. The third kappa shape index (κ3) is 5.32. The van der Waals surface area contributed by atoms with Gasteiger partial charge in [-0.2, -0.15) is 0 Å². The van der Waals surface area contributed by atoms with Gasteiger partial charge in [0.1, 0.15) is 5.82 Å². The number of anilines is 2. The predicted molar refractivity (Wildman–Crippen MR) is 141 cm³/mol. The first kappa shape index (κ1) is 24.5. The molecule has 2 aromatic heterocycles. The lowest BCUT2D eigenvalue weighted by Gasteiger charge is -2.22. The van der Waals surface area contributed by atoms with Crippen molar-refractivity contribution in [3.05, 3.63) is 65.4 Å². The molecule has 0 atom stereocenters. The molecule has 1 aliphatic rings. The SMILES string of the molecule is COc1ncc(Cl)cc1SNc1ccc(F)c(-c2ccc3nc(NC4CCCCC4)ncc3c2)c1F. The zero-order chi connectivity index (χ0) is 25.1. The average Bonchev–Trinajstić information content (AvgIpc) is 2.89. The molecule has 6 nitrogen and oxygen atoms in total. The Kier molecular flexibility index (Phi) is 7.38. The Morgan fingerprint density at radius 3 is 2.67 bits per heavy atom. The number of halogens is 3. The molecule has 2 aromatic carbocycles. The highest BCUT2D eigenvalue weighted by atomic mass is 35.5. The van der Waals surface area contributed by atoms with Crippen LogP contribution >= 0.6 is 23.5 Å². The summed E-state index contributed by atoms with van der Waals surface area (Å²) in [6.45, 7) is 0. The molecule has 1 saturated carbocycles. The van der Waals surface area contributed by atoms with E-state index >= 15 is 4.39 Å². The van der Waals surface area contributed by atoms with Crippen LogP contribution in [0.1, 0.15) is 32.1 Å². The molecule has 1 aliphatic carbocycles. The first-order valence-electron chi connectivity index (χ1n) is 11.7. The fourth-order valence-electron chi connectivity index (χ4n) is 4.33. The van der Waals surface area contributed by atoms with Gasteiger partial charge in [0.2, 0.25) is 11.8 Å². The highest BCUT2D eigenvalue weighted by Crippen LogP contribution is 2.36. The topological polar surface area (TPSA) is 72.0 Å². The van der Waals surface area contributed by atoms with E-state index in [0.717, 1.165) is 24.8 Å². The molecule has 2 N–H and O–H groups in total. The van der Waals surface area contributed by atoms with Crippen LogP contribution in [-0.2, 0) is 0 Å². The number of hydrogen-bond acceptors (Lipinski definition) is 7. The van der Waals surface area contributed by atoms with Crippen molar-refractivity contribution in [3.63, 3.8) is 0 Å². The Morgan fingerprint density at radius 1 is 1.03 bits per heavy atom. The summed E-state index contributed by atoms with van der Waals surface area (Å²) in [5.41, 5.74) is 1.08. The molecule has 0 saturated heterocycles. The Balaban J connectivity index is 1.40. The van der Waals surface area contributed by atoms with Crippen LogP contribution in [0.2, 0.25) is 5.02 Å². The Morgan fingerprint density at radius 2 is 1.86 bits per heavy atom. The van der Waals surface area contributed by atoms with Crippen molar-refractivity contribution in [2.24, 2.45) is 0 Å². The summed E-state index contributed by atoms with van der Waals surface area (Å²) in [5, 5.41) is 4.52. The van der Waals surface area contributed by atoms with Crippen LogP contribution in [0.5, 0.6) is 5.88 Å². The van der Waals surface area contributed by atoms with Crippen molar-refractivity contribution in [2.75, 3.05) is 17.1 Å². The normalized spacial score (nSPS) is 14.1. The molecule has 0 spiro atoms. The van der Waals surface area contributed by atoms with Gasteiger partial charge in [0, 0.05) is 23.8 Å². The van der Waals surface area contributed by atoms with E-state index in [2.05, 4.69) is 25.0 Å². The minimum Gasteiger partial charge on any atom is -0.480 e. The number of hydrogen-bond donors (Lipinski definition) is 2. The Labute approximate surface area is 217 Å². The lowest BCUT2D eigenvalue weighted by Crippen LogP contribution is -2.23. The summed E-state index contributed by atoms with van der Waals surface area (Å²) >= 11 is 7.09. The quantitative estimate of drug-likeness (QED) is 0.241. The van der Waals surface area contributed by atoms with Crippen LogP contribution in [0.4, 0.5) is 20.4 Å². The molecule has 2 heterocycles. The molecule has 0 bridgehead atoms. The van der Waals surface area contributed by atoms with Crippen molar-refractivity contribution >= 4 is 46.1 Å². The number of rotatable bonds is 7. The van der Waals surface area contributed by atoms with Crippen molar-refractivity contribution in [1.82, 2.24) is 15.0 Å². The number of nitrogens with zero attached hydrogens (tertiary/aromatic N) is 3. The van der Waals surface area contributed by atoms with Gasteiger partial charge < -0.3 is 14.8 Å². The maximum atomic E-state index is 15.5. The smallest absolute Gasteiger partial charge is 0.228 e. The minimum absolute atomic E-state index is 0.113. The standard InChI is InChI=1S/C26H24ClF2N5OS/c1-35-25-22(12-17(27)14-30-25)36-34-21-10-8-19(28)23(24(21)29)15-7-9-20-16(11-15)13-31-26(33-20)32-18-5-3-2-4-6-18/h7-14,18,34H,2-6H2,1H3,(H,31,32,33). The van der Waals surface area contributed by atoms with E-state index in [0.29, 0.717) is 44.3 Å². The molecule has 36 heavy (non-hydrogen) atoms. The highest BCUT2D eigenvalue weighted by molar-refractivity contribution is 8.00. The first-order chi connectivity index (χ1) is 17.5. The number of aromatic nitrogens is 3. The van der Waals surface area contributed by atoms with Gasteiger partial charge >= 0.3 is 0 Å². The molecule has 0 unspecified atom stereocenters. The van der Waals surface area contributed by atoms with E-state index in [9.17, 15) is 4.39 Å². The monoisotopic (exact) mass is 527 g/mol. The zero-order valence-corrected chi connectivity index (χ0v) is 21.1. The zero-order valence-electron chi connectivity index (χ0n) is 19.5. The first-order valence-corrected chi connectivity index (χ1v) is 12.9. The van der Waals surface area contributed by atoms with E-state index < -0.39 is 11.6 Å². The molecule has 5 rings (SSSR count). The predicted octanol–water partition coefficient (Wildman–Crippen LogP) is 7.50. The minimum atomic E-state index is -0.715. The summed E-state index contributed by atoms with van der Waals surface area (Å²) in [4.78, 5) is 13.7. The second kappa shape index (κ2) is 10.8. The molecular weight excluding hydrogens is 504 g/mol. The summed E-state index contributed by atoms with van der Waals surface area (Å²) in [5.74, 6) is -0.464. The van der Waals surface area contributed by atoms with E-state index in [4.69, 9.17) is 16.3 Å². The van der Waals surface area contributed by atoms with Crippen LogP contribution in [0.3, 0.4) is 0 Å². The molecular formula is C26H24ClF2N5OS. The fraction of sp³-hybridized carbons (Fsp3) is 0.269. The molecule has 186 valence electrons. The number of nitrogens with one attached hydrogen (secondary N) is 2. The van der Waals surface area contributed by atoms with Gasteiger partial charge in [0.05, 0.1) is 33.8 Å². The lowest BCUT2D eigenvalue weighted by molar-refractivity contribution is 0.387. The fourth-order valence-corrected chi connectivity index (χ4v) is 5.34. The Bertz CT molecular complexity index is 1400. The largest absolute Gasteiger partial charge is 0.480 e. The molecule has 0 amide bonds. The van der Waals surface area contributed by atoms with Crippen molar-refractivity contribution in [1.29, 1.82) is 0 Å². The summed E-state index contributed by atoms with van der Waals surface area (Å²) in [6.07, 6.45) is 9.06. The van der Waals surface area contributed by atoms with E-state index in [1.54, 1.807) is 30.5 Å². The van der Waals surface area contributed by atoms with Gasteiger partial charge in [0.25, 0.3) is 0 Å². The second-order valence-electron chi connectivity index (χ2n) is 8.60. The van der Waals surface area contributed by atoms with E-state index in [1.165, 1.54) is 44.7 Å². The molecule has 4 aromatic rings. The third-order valence-electron chi connectivity index (χ3n) is 6.15. The Hall–Kier alpha value is -3.17. The van der Waals surface area contributed by atoms with Crippen LogP contribution in [0.15, 0.2) is 53.7 Å². The van der Waals surface area contributed by atoms with Crippen molar-refractivity contribution < 1.29 is 13.5 Å². The van der Waals surface area contributed by atoms with Crippen LogP contribution in [-0.4, -0.2) is 28.1 Å². The summed E-state index contributed by atoms with van der Waals surface area (Å²) in [6, 6.07) is 9.73. The number of benzene rings is 2. The molecule has 0 aliphatic heterocycles. The molecule has 0 radical (unpaired) electrons. The van der Waals surface area contributed by atoms with Gasteiger partial charge in [-0.25, -0.2) is 23.7 Å². The van der Waals surface area contributed by atoms with Gasteiger partial charge in [-0.15, -0.1) is 0 Å². The highest BCUT2D eigenvalue weighted by Gasteiger charge is 2.18. The number of ether oxygens (including phenoxy) is 1. The number of methoxy groups -OCH3 is 1. The summed E-state index contributed by atoms with van der Waals surface area (Å²) < 4.78 is 38.4.